The van der Waals surface area contributed by atoms with Crippen molar-refractivity contribution in [1.29, 1.82) is 0 Å². The minimum absolute atomic E-state index is 0.0253. The third-order valence-electron chi connectivity index (χ3n) is 2.77. The number of rotatable bonds is 5. The highest BCUT2D eigenvalue weighted by molar-refractivity contribution is 9.10. The Balaban J connectivity index is 2.21. The van der Waals surface area contributed by atoms with E-state index in [1.807, 2.05) is 0 Å². The first kappa shape index (κ1) is 16.3. The second kappa shape index (κ2) is 6.76. The van der Waals surface area contributed by atoms with Gasteiger partial charge < -0.3 is 9.84 Å². The number of nitrogens with zero attached hydrogens (tertiary/aromatic N) is 1. The molecule has 0 saturated heterocycles. The van der Waals surface area contributed by atoms with Crippen molar-refractivity contribution in [1.82, 2.24) is 0 Å². The van der Waals surface area contributed by atoms with Crippen LogP contribution in [0.3, 0.4) is 0 Å². The van der Waals surface area contributed by atoms with E-state index in [1.54, 1.807) is 12.1 Å². The molecule has 0 unspecified atom stereocenters. The fraction of sp³-hybridized carbons (Fsp3) is 0.0714. The molecule has 0 aliphatic heterocycles. The zero-order valence-electron chi connectivity index (χ0n) is 11.0. The number of ether oxygens (including phenoxy) is 1. The van der Waals surface area contributed by atoms with E-state index in [-0.39, 0.29) is 28.6 Å². The van der Waals surface area contributed by atoms with E-state index in [0.29, 0.717) is 10.0 Å². The van der Waals surface area contributed by atoms with Crippen LogP contribution in [0.25, 0.3) is 0 Å². The molecule has 0 amide bonds. The van der Waals surface area contributed by atoms with Gasteiger partial charge in [0.2, 0.25) is 0 Å². The first-order valence-corrected chi connectivity index (χ1v) is 7.14. The molecule has 0 heterocycles. The number of carboxylic acid groups (broad SMARTS) is 1. The Morgan fingerprint density at radius 3 is 2.50 bits per heavy atom. The Hall–Kier alpha value is -2.12. The minimum atomic E-state index is -1.16. The molecule has 1 N–H and O–H groups in total. The lowest BCUT2D eigenvalue weighted by Crippen LogP contribution is -2.04. The number of carbonyl (C=O) groups is 1. The van der Waals surface area contributed by atoms with Gasteiger partial charge in [0.25, 0.3) is 5.69 Å². The molecule has 0 aliphatic rings. The molecule has 0 aliphatic carbocycles. The highest BCUT2D eigenvalue weighted by atomic mass is 79.9. The van der Waals surface area contributed by atoms with Gasteiger partial charge in [0.15, 0.2) is 0 Å². The van der Waals surface area contributed by atoms with Crippen LogP contribution in [-0.4, -0.2) is 16.0 Å². The van der Waals surface area contributed by atoms with Gasteiger partial charge >= 0.3 is 5.97 Å². The van der Waals surface area contributed by atoms with E-state index >= 15 is 0 Å². The van der Waals surface area contributed by atoms with Crippen LogP contribution in [0, 0.1) is 10.1 Å². The Bertz CT molecular complexity index is 733. The summed E-state index contributed by atoms with van der Waals surface area (Å²) in [6, 6.07) is 8.62. The zero-order chi connectivity index (χ0) is 16.3. The molecule has 0 bridgehead atoms. The van der Waals surface area contributed by atoms with Crippen molar-refractivity contribution < 1.29 is 19.6 Å². The van der Waals surface area contributed by atoms with Crippen LogP contribution in [-0.2, 0) is 6.61 Å². The van der Waals surface area contributed by atoms with Crippen LogP contribution in [0.2, 0.25) is 5.02 Å². The third-order valence-corrected chi connectivity index (χ3v) is 3.58. The summed E-state index contributed by atoms with van der Waals surface area (Å²) in [5.41, 5.74) is 0.577. The van der Waals surface area contributed by atoms with Gasteiger partial charge in [-0.3, -0.25) is 10.1 Å². The van der Waals surface area contributed by atoms with Crippen molar-refractivity contribution in [2.75, 3.05) is 0 Å². The molecule has 0 saturated carbocycles. The molecule has 22 heavy (non-hydrogen) atoms. The number of benzene rings is 2. The lowest BCUT2D eigenvalue weighted by atomic mass is 10.2. The number of nitro groups is 1. The molecule has 114 valence electrons. The van der Waals surface area contributed by atoms with Crippen LogP contribution in [0.15, 0.2) is 40.9 Å². The summed E-state index contributed by atoms with van der Waals surface area (Å²) in [6.07, 6.45) is 0. The molecule has 0 aromatic heterocycles. The maximum atomic E-state index is 11.2. The summed E-state index contributed by atoms with van der Waals surface area (Å²) in [4.78, 5) is 21.3. The molecule has 0 fully saturated rings. The Morgan fingerprint density at radius 1 is 1.32 bits per heavy atom. The quantitative estimate of drug-likeness (QED) is 0.611. The predicted octanol–water partition coefficient (Wildman–Crippen LogP) is 4.29. The number of hydrogen-bond acceptors (Lipinski definition) is 4. The van der Waals surface area contributed by atoms with Gasteiger partial charge in [0.1, 0.15) is 17.9 Å². The number of hydrogen-bond donors (Lipinski definition) is 1. The van der Waals surface area contributed by atoms with Crippen molar-refractivity contribution in [3.63, 3.8) is 0 Å². The highest BCUT2D eigenvalue weighted by Crippen LogP contribution is 2.33. The molecular weight excluding hydrogens is 378 g/mol. The number of nitro benzene ring substituents is 1. The lowest BCUT2D eigenvalue weighted by molar-refractivity contribution is -0.384. The highest BCUT2D eigenvalue weighted by Gasteiger charge is 2.16. The maximum absolute atomic E-state index is 11.2. The average molecular weight is 387 g/mol. The van der Waals surface area contributed by atoms with Crippen molar-refractivity contribution >= 4 is 39.2 Å². The number of halogens is 2. The first-order chi connectivity index (χ1) is 10.4. The third kappa shape index (κ3) is 3.75. The lowest BCUT2D eigenvalue weighted by Gasteiger charge is -2.11. The first-order valence-electron chi connectivity index (χ1n) is 5.97. The Morgan fingerprint density at radius 2 is 1.95 bits per heavy atom. The minimum Gasteiger partial charge on any atom is -0.487 e. The molecule has 2 rings (SSSR count). The van der Waals surface area contributed by atoms with Crippen LogP contribution in [0.5, 0.6) is 5.75 Å². The summed E-state index contributed by atoms with van der Waals surface area (Å²) in [5, 5.41) is 20.0. The number of non-ortho nitro benzene ring substituents is 1. The van der Waals surface area contributed by atoms with Gasteiger partial charge in [-0.2, -0.15) is 0 Å². The number of carboxylic acids is 1. The molecule has 6 nitrogen and oxygen atoms in total. The Kier molecular flexibility index (Phi) is 4.99. The second-order valence-electron chi connectivity index (χ2n) is 4.28. The van der Waals surface area contributed by atoms with E-state index in [4.69, 9.17) is 16.3 Å². The predicted molar refractivity (Wildman–Crippen MR) is 83.5 cm³/mol. The molecule has 2 aromatic rings. The van der Waals surface area contributed by atoms with Crippen molar-refractivity contribution in [2.45, 2.75) is 6.61 Å². The normalized spacial score (nSPS) is 10.3. The van der Waals surface area contributed by atoms with Gasteiger partial charge in [-0.25, -0.2) is 4.79 Å². The van der Waals surface area contributed by atoms with Gasteiger partial charge in [-0.1, -0.05) is 11.6 Å². The molecular formula is C14H9BrClNO5. The largest absolute Gasteiger partial charge is 0.487 e. The average Bonchev–Trinajstić information content (AvgIpc) is 2.45. The monoisotopic (exact) mass is 385 g/mol. The standard InChI is InChI=1S/C14H9BrClNO5/c15-12-6-9(16)5-11(14(18)19)13(12)22-7-8-1-3-10(4-2-8)17(20)21/h1-6H,7H2,(H,18,19). The van der Waals surface area contributed by atoms with Crippen molar-refractivity contribution in [3.8, 4) is 5.75 Å². The SMILES string of the molecule is O=C(O)c1cc(Cl)cc(Br)c1OCc1ccc([N+](=O)[O-])cc1. The van der Waals surface area contributed by atoms with Crippen molar-refractivity contribution in [3.05, 3.63) is 67.1 Å². The van der Waals surface area contributed by atoms with E-state index < -0.39 is 10.9 Å². The van der Waals surface area contributed by atoms with E-state index in [1.165, 1.54) is 24.3 Å². The van der Waals surface area contributed by atoms with Crippen LogP contribution >= 0.6 is 27.5 Å². The van der Waals surface area contributed by atoms with Gasteiger partial charge in [-0.05, 0) is 45.8 Å². The van der Waals surface area contributed by atoms with E-state index in [2.05, 4.69) is 15.9 Å². The second-order valence-corrected chi connectivity index (χ2v) is 5.57. The molecule has 0 atom stereocenters. The zero-order valence-corrected chi connectivity index (χ0v) is 13.3. The van der Waals surface area contributed by atoms with Gasteiger partial charge in [-0.15, -0.1) is 0 Å². The molecule has 8 heteroatoms. The summed E-state index contributed by atoms with van der Waals surface area (Å²) in [5.74, 6) is -1.02. The summed E-state index contributed by atoms with van der Waals surface area (Å²) in [7, 11) is 0. The van der Waals surface area contributed by atoms with Crippen LogP contribution in [0.4, 0.5) is 5.69 Å². The summed E-state index contributed by atoms with van der Waals surface area (Å²) >= 11 is 9.03. The van der Waals surface area contributed by atoms with E-state index in [0.717, 1.165) is 0 Å². The van der Waals surface area contributed by atoms with E-state index in [9.17, 15) is 20.0 Å². The summed E-state index contributed by atoms with van der Waals surface area (Å²) in [6.45, 7) is 0.0680. The van der Waals surface area contributed by atoms with Crippen LogP contribution < -0.4 is 4.74 Å². The topological polar surface area (TPSA) is 89.7 Å². The number of aromatic carboxylic acids is 1. The molecule has 2 aromatic carbocycles. The maximum Gasteiger partial charge on any atom is 0.339 e. The molecule has 0 spiro atoms. The van der Waals surface area contributed by atoms with Gasteiger partial charge in [0.05, 0.1) is 9.40 Å². The van der Waals surface area contributed by atoms with Crippen LogP contribution in [0.1, 0.15) is 15.9 Å². The van der Waals surface area contributed by atoms with Gasteiger partial charge in [0, 0.05) is 17.2 Å². The fourth-order valence-corrected chi connectivity index (χ4v) is 2.66. The smallest absolute Gasteiger partial charge is 0.339 e. The molecule has 0 radical (unpaired) electrons. The van der Waals surface area contributed by atoms with Crippen molar-refractivity contribution in [2.24, 2.45) is 0 Å². The Labute approximate surface area is 138 Å². The fourth-order valence-electron chi connectivity index (χ4n) is 1.74. The summed E-state index contributed by atoms with van der Waals surface area (Å²) < 4.78 is 5.93.